The summed E-state index contributed by atoms with van der Waals surface area (Å²) in [6.07, 6.45) is 0.514. The first-order valence-electron chi connectivity index (χ1n) is 7.94. The second-order valence-electron chi connectivity index (χ2n) is 5.90. The molecule has 1 aromatic heterocycles. The summed E-state index contributed by atoms with van der Waals surface area (Å²) in [4.78, 5) is 4.33. The molecule has 0 spiro atoms. The summed E-state index contributed by atoms with van der Waals surface area (Å²) in [7, 11) is -7.11. The Morgan fingerprint density at radius 3 is 2.38 bits per heavy atom. The first-order chi connectivity index (χ1) is 12.2. The zero-order chi connectivity index (χ0) is 18.9. The molecule has 0 atom stereocenters. The van der Waals surface area contributed by atoms with Gasteiger partial charge >= 0.3 is 0 Å². The molecule has 0 amide bonds. The maximum Gasteiger partial charge on any atom is 0.261 e. The number of nitrogens with zero attached hydrogens (tertiary/aromatic N) is 1. The highest BCUT2D eigenvalue weighted by atomic mass is 32.2. The Kier molecular flexibility index (Phi) is 5.05. The van der Waals surface area contributed by atoms with E-state index in [0.717, 1.165) is 16.9 Å². The third-order valence-corrected chi connectivity index (χ3v) is 8.48. The molecule has 2 aromatic carbocycles. The Balaban J connectivity index is 1.93. The van der Waals surface area contributed by atoms with E-state index in [4.69, 9.17) is 0 Å². The van der Waals surface area contributed by atoms with Crippen LogP contribution in [-0.4, -0.2) is 27.6 Å². The Hall–Kier alpha value is -1.97. The highest BCUT2D eigenvalue weighted by Gasteiger charge is 2.19. The minimum atomic E-state index is -3.71. The van der Waals surface area contributed by atoms with E-state index in [1.54, 1.807) is 49.4 Å². The minimum Gasteiger partial charge on any atom is -0.280 e. The number of hydrogen-bond acceptors (Lipinski definition) is 6. The first-order valence-corrected chi connectivity index (χ1v) is 11.9. The van der Waals surface area contributed by atoms with Crippen LogP contribution >= 0.6 is 11.3 Å². The fourth-order valence-corrected chi connectivity index (χ4v) is 6.15. The Labute approximate surface area is 156 Å². The third-order valence-electron chi connectivity index (χ3n) is 3.69. The van der Waals surface area contributed by atoms with E-state index in [1.807, 2.05) is 6.92 Å². The zero-order valence-corrected chi connectivity index (χ0v) is 16.7. The molecule has 0 radical (unpaired) electrons. The normalized spacial score (nSPS) is 12.4. The number of fused-ring (bicyclic) bond motifs is 1. The molecule has 0 aliphatic carbocycles. The SMILES string of the molecule is CCCS(=O)(=O)c1nc2ccc(NS(=O)(=O)c3ccc(C)cc3)cc2s1. The molecule has 0 fully saturated rings. The van der Waals surface area contributed by atoms with E-state index in [0.29, 0.717) is 22.3 Å². The van der Waals surface area contributed by atoms with Gasteiger partial charge in [-0.25, -0.2) is 21.8 Å². The van der Waals surface area contributed by atoms with Gasteiger partial charge in [-0.15, -0.1) is 11.3 Å². The molecule has 0 unspecified atom stereocenters. The molecule has 138 valence electrons. The number of rotatable bonds is 6. The van der Waals surface area contributed by atoms with Crippen molar-refractivity contribution in [2.24, 2.45) is 0 Å². The molecule has 6 nitrogen and oxygen atoms in total. The quantitative estimate of drug-likeness (QED) is 0.670. The molecule has 0 bridgehead atoms. The lowest BCUT2D eigenvalue weighted by Gasteiger charge is -2.08. The summed E-state index contributed by atoms with van der Waals surface area (Å²) in [5.74, 6) is 0.0414. The molecule has 1 heterocycles. The van der Waals surface area contributed by atoms with Crippen molar-refractivity contribution in [1.82, 2.24) is 4.98 Å². The number of benzene rings is 2. The maximum absolute atomic E-state index is 12.5. The summed E-state index contributed by atoms with van der Waals surface area (Å²) >= 11 is 1.05. The average Bonchev–Trinajstić information content (AvgIpc) is 2.99. The molecular formula is C17H18N2O4S3. The van der Waals surface area contributed by atoms with Crippen LogP contribution in [0.15, 0.2) is 51.7 Å². The number of anilines is 1. The monoisotopic (exact) mass is 410 g/mol. The number of nitrogens with one attached hydrogen (secondary N) is 1. The molecule has 0 saturated heterocycles. The lowest BCUT2D eigenvalue weighted by atomic mass is 10.2. The summed E-state index contributed by atoms with van der Waals surface area (Å²) in [6.45, 7) is 3.68. The maximum atomic E-state index is 12.5. The fraction of sp³-hybridized carbons (Fsp3) is 0.235. The topological polar surface area (TPSA) is 93.2 Å². The van der Waals surface area contributed by atoms with Crippen LogP contribution in [0.1, 0.15) is 18.9 Å². The van der Waals surface area contributed by atoms with Gasteiger partial charge in [-0.3, -0.25) is 4.72 Å². The van der Waals surface area contributed by atoms with Gasteiger partial charge in [0.2, 0.25) is 14.2 Å². The Morgan fingerprint density at radius 2 is 1.73 bits per heavy atom. The first kappa shape index (κ1) is 18.8. The minimum absolute atomic E-state index is 0.0414. The van der Waals surface area contributed by atoms with Gasteiger partial charge in [0.25, 0.3) is 10.0 Å². The van der Waals surface area contributed by atoms with Crippen molar-refractivity contribution in [2.45, 2.75) is 29.5 Å². The van der Waals surface area contributed by atoms with Crippen LogP contribution in [0.4, 0.5) is 5.69 Å². The van der Waals surface area contributed by atoms with Crippen molar-refractivity contribution in [1.29, 1.82) is 0 Å². The van der Waals surface area contributed by atoms with Gasteiger partial charge in [0.15, 0.2) is 0 Å². The highest BCUT2D eigenvalue weighted by Crippen LogP contribution is 2.29. The van der Waals surface area contributed by atoms with E-state index in [2.05, 4.69) is 9.71 Å². The van der Waals surface area contributed by atoms with Gasteiger partial charge in [-0.1, -0.05) is 24.6 Å². The van der Waals surface area contributed by atoms with Gasteiger partial charge in [0.05, 0.1) is 26.6 Å². The standard InChI is InChI=1S/C17H18N2O4S3/c1-3-10-25(20,21)17-18-15-9-6-13(11-16(15)24-17)19-26(22,23)14-7-4-12(2)5-8-14/h4-9,11,19H,3,10H2,1-2H3. The number of aromatic nitrogens is 1. The van der Waals surface area contributed by atoms with Crippen LogP contribution in [-0.2, 0) is 19.9 Å². The molecule has 1 N–H and O–H groups in total. The third kappa shape index (κ3) is 3.89. The Morgan fingerprint density at radius 1 is 1.04 bits per heavy atom. The summed E-state index contributed by atoms with van der Waals surface area (Å²) in [5.41, 5.74) is 1.86. The van der Waals surface area contributed by atoms with Crippen LogP contribution in [0, 0.1) is 6.92 Å². The highest BCUT2D eigenvalue weighted by molar-refractivity contribution is 7.93. The van der Waals surface area contributed by atoms with Crippen LogP contribution in [0.2, 0.25) is 0 Å². The lowest BCUT2D eigenvalue weighted by molar-refractivity contribution is 0.594. The van der Waals surface area contributed by atoms with E-state index in [9.17, 15) is 16.8 Å². The van der Waals surface area contributed by atoms with Gasteiger partial charge < -0.3 is 0 Å². The smallest absolute Gasteiger partial charge is 0.261 e. The fourth-order valence-electron chi connectivity index (χ4n) is 2.39. The van der Waals surface area contributed by atoms with Crippen molar-refractivity contribution >= 4 is 47.1 Å². The van der Waals surface area contributed by atoms with E-state index < -0.39 is 19.9 Å². The molecule has 3 rings (SSSR count). The van der Waals surface area contributed by atoms with Crippen molar-refractivity contribution < 1.29 is 16.8 Å². The van der Waals surface area contributed by atoms with Crippen molar-refractivity contribution in [2.75, 3.05) is 10.5 Å². The number of hydrogen-bond donors (Lipinski definition) is 1. The van der Waals surface area contributed by atoms with E-state index >= 15 is 0 Å². The van der Waals surface area contributed by atoms with Crippen LogP contribution in [0.25, 0.3) is 10.2 Å². The largest absolute Gasteiger partial charge is 0.280 e. The number of sulfonamides is 1. The van der Waals surface area contributed by atoms with Gasteiger partial charge in [-0.05, 0) is 43.7 Å². The lowest BCUT2D eigenvalue weighted by Crippen LogP contribution is -2.12. The predicted octanol–water partition coefficient (Wildman–Crippen LogP) is 3.59. The van der Waals surface area contributed by atoms with E-state index in [-0.39, 0.29) is 15.0 Å². The van der Waals surface area contributed by atoms with Crippen molar-refractivity contribution in [3.63, 3.8) is 0 Å². The zero-order valence-electron chi connectivity index (χ0n) is 14.3. The molecule has 9 heteroatoms. The molecule has 0 saturated carbocycles. The second-order valence-corrected chi connectivity index (χ2v) is 10.9. The molecule has 0 aliphatic heterocycles. The van der Waals surface area contributed by atoms with Crippen LogP contribution in [0.3, 0.4) is 0 Å². The number of sulfone groups is 1. The molecule has 26 heavy (non-hydrogen) atoms. The summed E-state index contributed by atoms with van der Waals surface area (Å²) in [6, 6.07) is 11.3. The van der Waals surface area contributed by atoms with Crippen LogP contribution in [0.5, 0.6) is 0 Å². The van der Waals surface area contributed by atoms with Gasteiger partial charge in [-0.2, -0.15) is 0 Å². The van der Waals surface area contributed by atoms with Crippen molar-refractivity contribution in [3.8, 4) is 0 Å². The van der Waals surface area contributed by atoms with Crippen molar-refractivity contribution in [3.05, 3.63) is 48.0 Å². The average molecular weight is 411 g/mol. The van der Waals surface area contributed by atoms with E-state index in [1.165, 1.54) is 0 Å². The number of aryl methyl sites for hydroxylation is 1. The predicted molar refractivity (Wildman–Crippen MR) is 104 cm³/mol. The molecule has 3 aromatic rings. The van der Waals surface area contributed by atoms with Gasteiger partial charge in [0.1, 0.15) is 0 Å². The summed E-state index contributed by atoms with van der Waals surface area (Å²) in [5, 5.41) is 0. The number of thiazole rings is 1. The Bertz CT molecular complexity index is 1150. The second kappa shape index (κ2) is 6.98. The van der Waals surface area contributed by atoms with Crippen LogP contribution < -0.4 is 4.72 Å². The molecule has 0 aliphatic rings. The summed E-state index contributed by atoms with van der Waals surface area (Å²) < 4.78 is 52.5. The van der Waals surface area contributed by atoms with Gasteiger partial charge in [0, 0.05) is 0 Å². The molecular weight excluding hydrogens is 392 g/mol.